The molecular formula is C16H22FNO3. The Labute approximate surface area is 124 Å². The number of ether oxygens (including phenoxy) is 2. The summed E-state index contributed by atoms with van der Waals surface area (Å²) in [6, 6.07) is 4.03. The summed E-state index contributed by atoms with van der Waals surface area (Å²) in [5.41, 5.74) is 0.310. The van der Waals surface area contributed by atoms with Gasteiger partial charge in [-0.2, -0.15) is 0 Å². The molecule has 1 aliphatic rings. The Hall–Kier alpha value is -1.46. The van der Waals surface area contributed by atoms with Crippen LogP contribution in [-0.2, 0) is 4.74 Å². The van der Waals surface area contributed by atoms with Crippen molar-refractivity contribution < 1.29 is 18.7 Å². The van der Waals surface area contributed by atoms with Crippen molar-refractivity contribution in [2.45, 2.75) is 25.9 Å². The van der Waals surface area contributed by atoms with Crippen molar-refractivity contribution in [1.29, 1.82) is 0 Å². The lowest BCUT2D eigenvalue weighted by molar-refractivity contribution is 0.0147. The van der Waals surface area contributed by atoms with Crippen LogP contribution in [0.2, 0.25) is 0 Å². The minimum absolute atomic E-state index is 0.110. The zero-order valence-corrected chi connectivity index (χ0v) is 12.6. The van der Waals surface area contributed by atoms with Gasteiger partial charge in [-0.15, -0.1) is 0 Å². The van der Waals surface area contributed by atoms with Crippen LogP contribution < -0.4 is 4.74 Å². The van der Waals surface area contributed by atoms with Gasteiger partial charge in [0, 0.05) is 19.7 Å². The lowest BCUT2D eigenvalue weighted by Gasteiger charge is -2.31. The van der Waals surface area contributed by atoms with Crippen LogP contribution in [0.1, 0.15) is 30.1 Å². The maximum Gasteiger partial charge on any atom is 0.180 e. The Kier molecular flexibility index (Phi) is 5.70. The van der Waals surface area contributed by atoms with E-state index in [-0.39, 0.29) is 5.78 Å². The molecule has 1 aromatic carbocycles. The summed E-state index contributed by atoms with van der Waals surface area (Å²) in [5, 5.41) is 0. The number of carbonyl (C=O) groups is 1. The summed E-state index contributed by atoms with van der Waals surface area (Å²) in [5.74, 6) is -0.110. The average Bonchev–Trinajstić information content (AvgIpc) is 2.49. The van der Waals surface area contributed by atoms with Gasteiger partial charge >= 0.3 is 0 Å². The van der Waals surface area contributed by atoms with E-state index < -0.39 is 5.82 Å². The zero-order valence-electron chi connectivity index (χ0n) is 12.6. The third-order valence-corrected chi connectivity index (χ3v) is 3.77. The molecule has 4 nitrogen and oxygen atoms in total. The number of hydrogen-bond acceptors (Lipinski definition) is 4. The van der Waals surface area contributed by atoms with Gasteiger partial charge in [0.2, 0.25) is 0 Å². The monoisotopic (exact) mass is 295 g/mol. The Morgan fingerprint density at radius 2 is 2.10 bits per heavy atom. The standard InChI is InChI=1S/C16H22FNO3/c1-3-21-13-6-8-18(9-7-13)11-15(19)14-10-12(17)4-5-16(14)20-2/h4-5,10,13H,3,6-9,11H2,1-2H3. The highest BCUT2D eigenvalue weighted by Crippen LogP contribution is 2.21. The van der Waals surface area contributed by atoms with Crippen molar-refractivity contribution in [2.75, 3.05) is 33.4 Å². The molecule has 0 bridgehead atoms. The van der Waals surface area contributed by atoms with Crippen molar-refractivity contribution in [3.63, 3.8) is 0 Å². The molecule has 21 heavy (non-hydrogen) atoms. The maximum atomic E-state index is 13.3. The van der Waals surface area contributed by atoms with E-state index in [0.29, 0.717) is 24.0 Å². The predicted octanol–water partition coefficient (Wildman–Crippen LogP) is 2.52. The molecule has 1 saturated heterocycles. The SMILES string of the molecule is CCOC1CCN(CC(=O)c2cc(F)ccc2OC)CC1. The Morgan fingerprint density at radius 3 is 2.71 bits per heavy atom. The van der Waals surface area contributed by atoms with Gasteiger partial charge in [0.1, 0.15) is 11.6 Å². The van der Waals surface area contributed by atoms with E-state index >= 15 is 0 Å². The summed E-state index contributed by atoms with van der Waals surface area (Å²) < 4.78 is 24.0. The number of hydrogen-bond donors (Lipinski definition) is 0. The van der Waals surface area contributed by atoms with Gasteiger partial charge in [-0.25, -0.2) is 4.39 Å². The fourth-order valence-electron chi connectivity index (χ4n) is 2.66. The molecule has 0 saturated carbocycles. The summed E-state index contributed by atoms with van der Waals surface area (Å²) >= 11 is 0. The Bertz CT molecular complexity index is 484. The first-order valence-electron chi connectivity index (χ1n) is 7.34. The molecule has 0 aliphatic carbocycles. The quantitative estimate of drug-likeness (QED) is 0.756. The minimum Gasteiger partial charge on any atom is -0.496 e. The number of likely N-dealkylation sites (tertiary alicyclic amines) is 1. The van der Waals surface area contributed by atoms with E-state index in [9.17, 15) is 9.18 Å². The highest BCUT2D eigenvalue weighted by Gasteiger charge is 2.22. The smallest absolute Gasteiger partial charge is 0.180 e. The Morgan fingerprint density at radius 1 is 1.38 bits per heavy atom. The lowest BCUT2D eigenvalue weighted by atomic mass is 10.1. The molecule has 0 atom stereocenters. The summed E-state index contributed by atoms with van der Waals surface area (Å²) in [6.07, 6.45) is 2.16. The highest BCUT2D eigenvalue weighted by atomic mass is 19.1. The molecular weight excluding hydrogens is 273 g/mol. The maximum absolute atomic E-state index is 13.3. The molecule has 5 heteroatoms. The van der Waals surface area contributed by atoms with E-state index in [1.54, 1.807) is 0 Å². The molecule has 116 valence electrons. The van der Waals surface area contributed by atoms with Crippen LogP contribution in [-0.4, -0.2) is 50.1 Å². The second-order valence-corrected chi connectivity index (χ2v) is 5.20. The average molecular weight is 295 g/mol. The van der Waals surface area contributed by atoms with Gasteiger partial charge in [0.15, 0.2) is 5.78 Å². The van der Waals surface area contributed by atoms with Gasteiger partial charge in [0.05, 0.1) is 25.3 Å². The first kappa shape index (κ1) is 15.9. The van der Waals surface area contributed by atoms with Crippen LogP contribution in [0.15, 0.2) is 18.2 Å². The first-order valence-corrected chi connectivity index (χ1v) is 7.34. The molecule has 1 fully saturated rings. The van der Waals surface area contributed by atoms with Gasteiger partial charge in [-0.05, 0) is 38.0 Å². The number of Topliss-reactive ketones (excluding diaryl/α,β-unsaturated/α-hetero) is 1. The van der Waals surface area contributed by atoms with E-state index in [2.05, 4.69) is 4.90 Å². The van der Waals surface area contributed by atoms with Gasteiger partial charge < -0.3 is 9.47 Å². The predicted molar refractivity (Wildman–Crippen MR) is 78.4 cm³/mol. The van der Waals surface area contributed by atoms with Crippen LogP contribution in [0.5, 0.6) is 5.75 Å². The Balaban J connectivity index is 1.95. The topological polar surface area (TPSA) is 38.8 Å². The van der Waals surface area contributed by atoms with Crippen LogP contribution >= 0.6 is 0 Å². The second kappa shape index (κ2) is 7.52. The van der Waals surface area contributed by atoms with Crippen LogP contribution in [0.25, 0.3) is 0 Å². The van der Waals surface area contributed by atoms with Crippen LogP contribution in [0.3, 0.4) is 0 Å². The number of nitrogens with zero attached hydrogens (tertiary/aromatic N) is 1. The van der Waals surface area contributed by atoms with Crippen molar-refractivity contribution in [2.24, 2.45) is 0 Å². The molecule has 1 aromatic rings. The van der Waals surface area contributed by atoms with Crippen molar-refractivity contribution in [1.82, 2.24) is 4.90 Å². The first-order chi connectivity index (χ1) is 10.1. The molecule has 0 radical (unpaired) electrons. The molecule has 0 unspecified atom stereocenters. The van der Waals surface area contributed by atoms with E-state index in [0.717, 1.165) is 32.5 Å². The van der Waals surface area contributed by atoms with E-state index in [1.807, 2.05) is 6.92 Å². The molecule has 0 spiro atoms. The summed E-state index contributed by atoms with van der Waals surface area (Å²) in [4.78, 5) is 14.4. The van der Waals surface area contributed by atoms with E-state index in [4.69, 9.17) is 9.47 Å². The third kappa shape index (κ3) is 4.25. The number of piperidine rings is 1. The summed E-state index contributed by atoms with van der Waals surface area (Å²) in [7, 11) is 1.48. The molecule has 1 aliphatic heterocycles. The fraction of sp³-hybridized carbons (Fsp3) is 0.562. The highest BCUT2D eigenvalue weighted by molar-refractivity contribution is 6.00. The van der Waals surface area contributed by atoms with Crippen molar-refractivity contribution in [3.8, 4) is 5.75 Å². The fourth-order valence-corrected chi connectivity index (χ4v) is 2.66. The van der Waals surface area contributed by atoms with Gasteiger partial charge in [-0.1, -0.05) is 0 Å². The van der Waals surface area contributed by atoms with Crippen molar-refractivity contribution in [3.05, 3.63) is 29.6 Å². The molecule has 2 rings (SSSR count). The van der Waals surface area contributed by atoms with Crippen LogP contribution in [0, 0.1) is 5.82 Å². The number of halogens is 1. The number of methoxy groups -OCH3 is 1. The van der Waals surface area contributed by atoms with Gasteiger partial charge in [0.25, 0.3) is 0 Å². The minimum atomic E-state index is -0.422. The van der Waals surface area contributed by atoms with Gasteiger partial charge in [-0.3, -0.25) is 9.69 Å². The second-order valence-electron chi connectivity index (χ2n) is 5.20. The van der Waals surface area contributed by atoms with E-state index in [1.165, 1.54) is 25.3 Å². The largest absolute Gasteiger partial charge is 0.496 e. The molecule has 0 N–H and O–H groups in total. The number of carbonyl (C=O) groups excluding carboxylic acids is 1. The van der Waals surface area contributed by atoms with Crippen molar-refractivity contribution >= 4 is 5.78 Å². The lowest BCUT2D eigenvalue weighted by Crippen LogP contribution is -2.40. The third-order valence-electron chi connectivity index (χ3n) is 3.77. The normalized spacial score (nSPS) is 16.9. The molecule has 0 aromatic heterocycles. The molecule has 0 amide bonds. The number of ketones is 1. The molecule has 1 heterocycles. The number of rotatable bonds is 6. The summed E-state index contributed by atoms with van der Waals surface area (Å²) in [6.45, 7) is 4.66. The number of benzene rings is 1. The van der Waals surface area contributed by atoms with Crippen LogP contribution in [0.4, 0.5) is 4.39 Å². The zero-order chi connectivity index (χ0) is 15.2.